The molecule has 1 aromatic rings. The van der Waals surface area contributed by atoms with Gasteiger partial charge >= 0.3 is 0 Å². The monoisotopic (exact) mass is 245 g/mol. The highest BCUT2D eigenvalue weighted by molar-refractivity contribution is 5.38. The number of hydrogen-bond donors (Lipinski definition) is 2. The van der Waals surface area contributed by atoms with Crippen LogP contribution in [0.15, 0.2) is 18.2 Å². The Morgan fingerprint density at radius 3 is 2.94 bits per heavy atom. The van der Waals surface area contributed by atoms with E-state index in [4.69, 9.17) is 0 Å². The first kappa shape index (κ1) is 12.0. The van der Waals surface area contributed by atoms with Gasteiger partial charge in [-0.1, -0.05) is 13.0 Å². The lowest BCUT2D eigenvalue weighted by atomic mass is 9.87. The molecule has 2 nitrogen and oxygen atoms in total. The van der Waals surface area contributed by atoms with Gasteiger partial charge in [0.2, 0.25) is 0 Å². The van der Waals surface area contributed by atoms with Gasteiger partial charge in [-0.15, -0.1) is 0 Å². The van der Waals surface area contributed by atoms with E-state index < -0.39 is 0 Å². The standard InChI is InChI=1S/C16H23NO/c1-2-16(8-9-16)11-17-15-5-3-4-12-6-7-13(18)10-14(12)15/h6-7,10,15,17-18H,2-5,8-9,11H2,1H3. The summed E-state index contributed by atoms with van der Waals surface area (Å²) in [6.07, 6.45) is 7.68. The lowest BCUT2D eigenvalue weighted by Crippen LogP contribution is -2.30. The highest BCUT2D eigenvalue weighted by atomic mass is 16.3. The van der Waals surface area contributed by atoms with E-state index >= 15 is 0 Å². The maximum absolute atomic E-state index is 9.66. The Labute approximate surface area is 109 Å². The highest BCUT2D eigenvalue weighted by Gasteiger charge is 2.40. The fourth-order valence-electron chi connectivity index (χ4n) is 3.17. The van der Waals surface area contributed by atoms with Crippen LogP contribution in [-0.2, 0) is 6.42 Å². The minimum atomic E-state index is 0.402. The van der Waals surface area contributed by atoms with Gasteiger partial charge in [-0.2, -0.15) is 0 Å². The normalized spacial score (nSPS) is 24.6. The van der Waals surface area contributed by atoms with Gasteiger partial charge in [0.15, 0.2) is 0 Å². The molecule has 0 amide bonds. The van der Waals surface area contributed by atoms with Gasteiger partial charge in [-0.05, 0) is 67.2 Å². The number of nitrogens with one attached hydrogen (secondary N) is 1. The Morgan fingerprint density at radius 2 is 2.22 bits per heavy atom. The molecule has 0 aromatic heterocycles. The molecule has 3 rings (SSSR count). The summed E-state index contributed by atoms with van der Waals surface area (Å²) in [5.41, 5.74) is 3.33. The predicted molar refractivity (Wildman–Crippen MR) is 73.7 cm³/mol. The number of aryl methyl sites for hydroxylation is 1. The molecule has 18 heavy (non-hydrogen) atoms. The van der Waals surface area contributed by atoms with Crippen molar-refractivity contribution < 1.29 is 5.11 Å². The lowest BCUT2D eigenvalue weighted by molar-refractivity contribution is 0.377. The Bertz CT molecular complexity index is 437. The third-order valence-electron chi connectivity index (χ3n) is 4.87. The summed E-state index contributed by atoms with van der Waals surface area (Å²) in [6.45, 7) is 3.44. The molecule has 2 N–H and O–H groups in total. The second kappa shape index (κ2) is 4.58. The van der Waals surface area contributed by atoms with Crippen LogP contribution in [0.25, 0.3) is 0 Å². The lowest BCUT2D eigenvalue weighted by Gasteiger charge is -2.28. The van der Waals surface area contributed by atoms with Crippen molar-refractivity contribution in [3.63, 3.8) is 0 Å². The van der Waals surface area contributed by atoms with Crippen molar-refractivity contribution in [3.05, 3.63) is 29.3 Å². The van der Waals surface area contributed by atoms with Crippen molar-refractivity contribution in [2.24, 2.45) is 5.41 Å². The number of phenols is 1. The van der Waals surface area contributed by atoms with Gasteiger partial charge < -0.3 is 10.4 Å². The fourth-order valence-corrected chi connectivity index (χ4v) is 3.17. The molecule has 1 fully saturated rings. The van der Waals surface area contributed by atoms with Crippen LogP contribution in [-0.4, -0.2) is 11.7 Å². The molecule has 0 bridgehead atoms. The molecular formula is C16H23NO. The first-order valence-electron chi connectivity index (χ1n) is 7.28. The third kappa shape index (κ3) is 2.26. The molecule has 0 saturated heterocycles. The zero-order valence-electron chi connectivity index (χ0n) is 11.2. The summed E-state index contributed by atoms with van der Waals surface area (Å²) in [4.78, 5) is 0. The van der Waals surface area contributed by atoms with Crippen LogP contribution in [0, 0.1) is 5.41 Å². The minimum absolute atomic E-state index is 0.402. The number of phenolic OH excluding ortho intramolecular Hbond substituents is 1. The molecule has 1 unspecified atom stereocenters. The highest BCUT2D eigenvalue weighted by Crippen LogP contribution is 2.48. The summed E-state index contributed by atoms with van der Waals surface area (Å²) >= 11 is 0. The summed E-state index contributed by atoms with van der Waals surface area (Å²) in [5.74, 6) is 0.402. The summed E-state index contributed by atoms with van der Waals surface area (Å²) in [7, 11) is 0. The van der Waals surface area contributed by atoms with Crippen molar-refractivity contribution in [1.82, 2.24) is 5.32 Å². The average molecular weight is 245 g/mol. The third-order valence-corrected chi connectivity index (χ3v) is 4.87. The van der Waals surface area contributed by atoms with Gasteiger partial charge in [-0.25, -0.2) is 0 Å². The quantitative estimate of drug-likeness (QED) is 0.850. The van der Waals surface area contributed by atoms with Crippen LogP contribution < -0.4 is 5.32 Å². The number of rotatable bonds is 4. The molecule has 0 spiro atoms. The second-order valence-corrected chi connectivity index (χ2v) is 6.06. The molecular weight excluding hydrogens is 222 g/mol. The first-order valence-corrected chi connectivity index (χ1v) is 7.28. The largest absolute Gasteiger partial charge is 0.508 e. The summed E-state index contributed by atoms with van der Waals surface area (Å²) < 4.78 is 0. The first-order chi connectivity index (χ1) is 8.72. The van der Waals surface area contributed by atoms with Crippen molar-refractivity contribution in [2.75, 3.05) is 6.54 Å². The Balaban J connectivity index is 1.72. The van der Waals surface area contributed by atoms with E-state index in [0.29, 0.717) is 17.2 Å². The van der Waals surface area contributed by atoms with Crippen molar-refractivity contribution in [1.29, 1.82) is 0 Å². The molecule has 1 atom stereocenters. The van der Waals surface area contributed by atoms with Crippen LogP contribution in [0.5, 0.6) is 5.75 Å². The van der Waals surface area contributed by atoms with Crippen LogP contribution in [0.4, 0.5) is 0 Å². The van der Waals surface area contributed by atoms with Gasteiger partial charge in [0, 0.05) is 12.6 Å². The van der Waals surface area contributed by atoms with Gasteiger partial charge in [0.1, 0.15) is 5.75 Å². The molecule has 2 aliphatic carbocycles. The SMILES string of the molecule is CCC1(CNC2CCCc3ccc(O)cc32)CC1. The van der Waals surface area contributed by atoms with Crippen molar-refractivity contribution in [3.8, 4) is 5.75 Å². The zero-order valence-corrected chi connectivity index (χ0v) is 11.2. The van der Waals surface area contributed by atoms with E-state index in [0.717, 1.165) is 13.0 Å². The van der Waals surface area contributed by atoms with E-state index in [1.807, 2.05) is 12.1 Å². The van der Waals surface area contributed by atoms with Crippen molar-refractivity contribution >= 4 is 0 Å². The number of fused-ring (bicyclic) bond motifs is 1. The van der Waals surface area contributed by atoms with Crippen LogP contribution >= 0.6 is 0 Å². The van der Waals surface area contributed by atoms with E-state index in [9.17, 15) is 5.11 Å². The summed E-state index contributed by atoms with van der Waals surface area (Å²) in [5, 5.41) is 13.4. The van der Waals surface area contributed by atoms with Crippen LogP contribution in [0.3, 0.4) is 0 Å². The van der Waals surface area contributed by atoms with Gasteiger partial charge in [0.05, 0.1) is 0 Å². The Hall–Kier alpha value is -1.02. The molecule has 2 aliphatic rings. The maximum Gasteiger partial charge on any atom is 0.115 e. The van der Waals surface area contributed by atoms with Crippen molar-refractivity contribution in [2.45, 2.75) is 51.5 Å². The van der Waals surface area contributed by atoms with E-state index in [1.54, 1.807) is 0 Å². The molecule has 0 heterocycles. The predicted octanol–water partition coefficient (Wildman–Crippen LogP) is 3.55. The van der Waals surface area contributed by atoms with Gasteiger partial charge in [0.25, 0.3) is 0 Å². The molecule has 2 heteroatoms. The van der Waals surface area contributed by atoms with Crippen LogP contribution in [0.2, 0.25) is 0 Å². The average Bonchev–Trinajstić information content (AvgIpc) is 3.17. The Kier molecular flexibility index (Phi) is 3.06. The summed E-state index contributed by atoms with van der Waals surface area (Å²) in [6, 6.07) is 6.31. The molecule has 98 valence electrons. The van der Waals surface area contributed by atoms with E-state index in [-0.39, 0.29) is 0 Å². The van der Waals surface area contributed by atoms with E-state index in [2.05, 4.69) is 18.3 Å². The second-order valence-electron chi connectivity index (χ2n) is 6.06. The van der Waals surface area contributed by atoms with E-state index in [1.165, 1.54) is 43.2 Å². The zero-order chi connectivity index (χ0) is 12.6. The molecule has 1 aromatic carbocycles. The van der Waals surface area contributed by atoms with Gasteiger partial charge in [-0.3, -0.25) is 0 Å². The molecule has 1 saturated carbocycles. The topological polar surface area (TPSA) is 32.3 Å². The number of aromatic hydroxyl groups is 1. The fraction of sp³-hybridized carbons (Fsp3) is 0.625. The van der Waals surface area contributed by atoms with Crippen LogP contribution in [0.1, 0.15) is 56.2 Å². The number of hydrogen-bond acceptors (Lipinski definition) is 2. The maximum atomic E-state index is 9.66. The molecule has 0 aliphatic heterocycles. The Morgan fingerprint density at radius 1 is 1.39 bits per heavy atom. The smallest absolute Gasteiger partial charge is 0.115 e. The number of benzene rings is 1. The minimum Gasteiger partial charge on any atom is -0.508 e. The molecule has 0 radical (unpaired) electrons.